The summed E-state index contributed by atoms with van der Waals surface area (Å²) in [6.07, 6.45) is 4.18. The molecule has 1 amide bonds. The molecule has 1 rings (SSSR count). The summed E-state index contributed by atoms with van der Waals surface area (Å²) < 4.78 is 1.62. The number of carbonyl (C=O) groups excluding carboxylic acids is 1. The lowest BCUT2D eigenvalue weighted by molar-refractivity contribution is 0.0940. The molecule has 0 bridgehead atoms. The number of aromatic nitrogens is 2. The largest absolute Gasteiger partial charge is 0.348 e. The molecule has 0 aliphatic rings. The van der Waals surface area contributed by atoms with E-state index in [1.54, 1.807) is 24.1 Å². The van der Waals surface area contributed by atoms with Crippen LogP contribution in [-0.2, 0) is 7.05 Å². The van der Waals surface area contributed by atoms with Crippen LogP contribution < -0.4 is 5.32 Å². The van der Waals surface area contributed by atoms with E-state index >= 15 is 0 Å². The molecule has 4 nitrogen and oxygen atoms in total. The van der Waals surface area contributed by atoms with E-state index < -0.39 is 0 Å². The van der Waals surface area contributed by atoms with E-state index in [2.05, 4.69) is 26.3 Å². The van der Waals surface area contributed by atoms with Crippen molar-refractivity contribution in [3.8, 4) is 0 Å². The van der Waals surface area contributed by atoms with E-state index in [1.165, 1.54) is 0 Å². The minimum atomic E-state index is -0.0654. The molecule has 1 unspecified atom stereocenters. The fourth-order valence-corrected chi connectivity index (χ4v) is 1.68. The van der Waals surface area contributed by atoms with Crippen molar-refractivity contribution in [3.05, 3.63) is 18.0 Å². The van der Waals surface area contributed by atoms with Gasteiger partial charge in [0.1, 0.15) is 0 Å². The van der Waals surface area contributed by atoms with E-state index in [-0.39, 0.29) is 11.9 Å². The summed E-state index contributed by atoms with van der Waals surface area (Å²) in [5, 5.41) is 7.62. The van der Waals surface area contributed by atoms with E-state index in [4.69, 9.17) is 0 Å². The van der Waals surface area contributed by atoms with Crippen molar-refractivity contribution < 1.29 is 4.79 Å². The fourth-order valence-electron chi connectivity index (χ4n) is 1.06. The van der Waals surface area contributed by atoms with Crippen LogP contribution in [0.25, 0.3) is 0 Å². The third kappa shape index (κ3) is 2.83. The highest BCUT2D eigenvalue weighted by molar-refractivity contribution is 9.09. The van der Waals surface area contributed by atoms with Crippen LogP contribution in [-0.4, -0.2) is 27.1 Å². The quantitative estimate of drug-likeness (QED) is 0.830. The summed E-state index contributed by atoms with van der Waals surface area (Å²) in [5.41, 5.74) is 0.604. The van der Waals surface area contributed by atoms with Gasteiger partial charge in [0.05, 0.1) is 11.8 Å². The molecule has 1 N–H and O–H groups in total. The van der Waals surface area contributed by atoms with E-state index in [0.717, 1.165) is 11.8 Å². The minimum Gasteiger partial charge on any atom is -0.348 e. The monoisotopic (exact) mass is 259 g/mol. The Balaban J connectivity index is 2.58. The topological polar surface area (TPSA) is 46.9 Å². The third-order valence-corrected chi connectivity index (χ3v) is 2.76. The molecule has 0 fully saturated rings. The first-order valence-electron chi connectivity index (χ1n) is 4.52. The highest BCUT2D eigenvalue weighted by atomic mass is 79.9. The molecule has 0 spiro atoms. The predicted octanol–water partition coefficient (Wildman–Crippen LogP) is 1.32. The van der Waals surface area contributed by atoms with Crippen LogP contribution in [0.15, 0.2) is 12.4 Å². The second-order valence-corrected chi connectivity index (χ2v) is 3.78. The van der Waals surface area contributed by atoms with Crippen LogP contribution in [0.5, 0.6) is 0 Å². The third-order valence-electron chi connectivity index (χ3n) is 1.98. The smallest absolute Gasteiger partial charge is 0.254 e. The van der Waals surface area contributed by atoms with Crippen LogP contribution in [0, 0.1) is 0 Å². The van der Waals surface area contributed by atoms with Crippen LogP contribution in [0.3, 0.4) is 0 Å². The summed E-state index contributed by atoms with van der Waals surface area (Å²) in [4.78, 5) is 11.6. The molecule has 0 saturated heterocycles. The number of nitrogens with one attached hydrogen (secondary N) is 1. The highest BCUT2D eigenvalue weighted by Gasteiger charge is 2.11. The Labute approximate surface area is 91.8 Å². The normalized spacial score (nSPS) is 12.5. The predicted molar refractivity (Wildman–Crippen MR) is 58.5 cm³/mol. The van der Waals surface area contributed by atoms with Gasteiger partial charge in [-0.05, 0) is 6.42 Å². The number of aryl methyl sites for hydroxylation is 1. The number of rotatable bonds is 4. The molecule has 0 aliphatic carbocycles. The molecule has 1 aromatic heterocycles. The number of alkyl halides is 1. The molecule has 14 heavy (non-hydrogen) atoms. The average Bonchev–Trinajstić information content (AvgIpc) is 2.61. The Morgan fingerprint density at radius 3 is 2.93 bits per heavy atom. The Bertz CT molecular complexity index is 307. The number of halogens is 1. The van der Waals surface area contributed by atoms with Crippen molar-refractivity contribution in [2.75, 3.05) is 5.33 Å². The number of amides is 1. The van der Waals surface area contributed by atoms with E-state index in [1.807, 2.05) is 6.92 Å². The number of hydrogen-bond donors (Lipinski definition) is 1. The van der Waals surface area contributed by atoms with Crippen molar-refractivity contribution in [1.29, 1.82) is 0 Å². The Morgan fingerprint density at radius 2 is 2.50 bits per heavy atom. The van der Waals surface area contributed by atoms with Crippen LogP contribution in [0.2, 0.25) is 0 Å². The molecule has 1 atom stereocenters. The minimum absolute atomic E-state index is 0.0654. The molecule has 78 valence electrons. The van der Waals surface area contributed by atoms with Crippen molar-refractivity contribution in [2.24, 2.45) is 7.05 Å². The molecular formula is C9H14BrN3O. The van der Waals surface area contributed by atoms with Gasteiger partial charge in [-0.3, -0.25) is 9.48 Å². The molecule has 0 aliphatic heterocycles. The first-order chi connectivity index (χ1) is 6.67. The maximum absolute atomic E-state index is 11.6. The zero-order valence-corrected chi connectivity index (χ0v) is 9.91. The van der Waals surface area contributed by atoms with Crippen molar-refractivity contribution in [2.45, 2.75) is 19.4 Å². The Hall–Kier alpha value is -0.840. The molecule has 0 aromatic carbocycles. The maximum Gasteiger partial charge on any atom is 0.254 e. The number of nitrogens with zero attached hydrogens (tertiary/aromatic N) is 2. The molecular weight excluding hydrogens is 246 g/mol. The molecule has 5 heteroatoms. The number of hydrogen-bond acceptors (Lipinski definition) is 2. The lowest BCUT2D eigenvalue weighted by atomic mass is 10.2. The highest BCUT2D eigenvalue weighted by Crippen LogP contribution is 2.00. The van der Waals surface area contributed by atoms with Crippen LogP contribution in [0.4, 0.5) is 0 Å². The maximum atomic E-state index is 11.6. The zero-order chi connectivity index (χ0) is 10.6. The standard InChI is InChI=1S/C9H14BrN3O/c1-3-8(4-10)12-9(14)7-5-11-13(2)6-7/h5-6,8H,3-4H2,1-2H3,(H,12,14). The first kappa shape index (κ1) is 11.2. The summed E-state index contributed by atoms with van der Waals surface area (Å²) in [7, 11) is 1.79. The van der Waals surface area contributed by atoms with E-state index in [0.29, 0.717) is 5.56 Å². The summed E-state index contributed by atoms with van der Waals surface area (Å²) in [6.45, 7) is 2.04. The van der Waals surface area contributed by atoms with Gasteiger partial charge < -0.3 is 5.32 Å². The van der Waals surface area contributed by atoms with E-state index in [9.17, 15) is 4.79 Å². The molecule has 0 radical (unpaired) electrons. The Morgan fingerprint density at radius 1 is 1.79 bits per heavy atom. The molecule has 1 heterocycles. The first-order valence-corrected chi connectivity index (χ1v) is 5.65. The van der Waals surface area contributed by atoms with Gasteiger partial charge in [-0.2, -0.15) is 5.10 Å². The van der Waals surface area contributed by atoms with Gasteiger partial charge in [0.25, 0.3) is 5.91 Å². The van der Waals surface area contributed by atoms with Gasteiger partial charge in [-0.1, -0.05) is 22.9 Å². The summed E-state index contributed by atoms with van der Waals surface area (Å²) in [6, 6.07) is 0.183. The van der Waals surface area contributed by atoms with Crippen molar-refractivity contribution >= 4 is 21.8 Å². The van der Waals surface area contributed by atoms with Crippen LogP contribution >= 0.6 is 15.9 Å². The lowest BCUT2D eigenvalue weighted by Crippen LogP contribution is -2.35. The van der Waals surface area contributed by atoms with Gasteiger partial charge in [0.2, 0.25) is 0 Å². The SMILES string of the molecule is CCC(CBr)NC(=O)c1cnn(C)c1. The van der Waals surface area contributed by atoms with Crippen molar-refractivity contribution in [1.82, 2.24) is 15.1 Å². The van der Waals surface area contributed by atoms with Gasteiger partial charge in [0, 0.05) is 24.6 Å². The Kier molecular flexibility index (Phi) is 4.13. The van der Waals surface area contributed by atoms with Gasteiger partial charge in [-0.25, -0.2) is 0 Å². The summed E-state index contributed by atoms with van der Waals surface area (Å²) >= 11 is 3.35. The second kappa shape index (κ2) is 5.14. The number of carbonyl (C=O) groups is 1. The van der Waals surface area contributed by atoms with Gasteiger partial charge in [0.15, 0.2) is 0 Å². The molecule has 1 aromatic rings. The van der Waals surface area contributed by atoms with Crippen molar-refractivity contribution in [3.63, 3.8) is 0 Å². The van der Waals surface area contributed by atoms with Gasteiger partial charge in [-0.15, -0.1) is 0 Å². The van der Waals surface area contributed by atoms with Gasteiger partial charge >= 0.3 is 0 Å². The van der Waals surface area contributed by atoms with Crippen LogP contribution in [0.1, 0.15) is 23.7 Å². The average molecular weight is 260 g/mol. The molecule has 0 saturated carbocycles. The lowest BCUT2D eigenvalue weighted by Gasteiger charge is -2.12. The summed E-state index contributed by atoms with van der Waals surface area (Å²) in [5.74, 6) is -0.0654. The zero-order valence-electron chi connectivity index (χ0n) is 8.33. The fraction of sp³-hybridized carbons (Fsp3) is 0.556. The second-order valence-electron chi connectivity index (χ2n) is 3.14.